The monoisotopic (exact) mass is 177 g/mol. The van der Waals surface area contributed by atoms with Crippen LogP contribution < -0.4 is 5.32 Å². The maximum atomic E-state index is 9.52. The summed E-state index contributed by atoms with van der Waals surface area (Å²) >= 11 is 5.83. The van der Waals surface area contributed by atoms with E-state index in [0.717, 1.165) is 6.54 Å². The molecule has 0 spiro atoms. The van der Waals surface area contributed by atoms with Crippen LogP contribution in [0.1, 0.15) is 26.7 Å². The van der Waals surface area contributed by atoms with E-state index in [2.05, 4.69) is 19.2 Å². The molecule has 2 atom stereocenters. The van der Waals surface area contributed by atoms with Crippen molar-refractivity contribution < 1.29 is 5.11 Å². The largest absolute Gasteiger partial charge is 0.375 e. The summed E-state index contributed by atoms with van der Waals surface area (Å²) in [6, 6.07) is 0.367. The third kappa shape index (κ3) is 2.62. The van der Waals surface area contributed by atoms with Crippen LogP contribution in [0.25, 0.3) is 0 Å². The summed E-state index contributed by atoms with van der Waals surface area (Å²) in [5.41, 5.74) is 0. The fraction of sp³-hybridized carbons (Fsp3) is 1.00. The predicted molar refractivity (Wildman–Crippen MR) is 46.7 cm³/mol. The maximum absolute atomic E-state index is 9.52. The van der Waals surface area contributed by atoms with E-state index in [4.69, 9.17) is 11.6 Å². The van der Waals surface area contributed by atoms with Crippen LogP contribution in [0.2, 0.25) is 0 Å². The summed E-state index contributed by atoms with van der Waals surface area (Å²) < 4.78 is 0. The van der Waals surface area contributed by atoms with Crippen molar-refractivity contribution in [3.8, 4) is 0 Å². The summed E-state index contributed by atoms with van der Waals surface area (Å²) in [4.78, 5) is 0. The zero-order chi connectivity index (χ0) is 8.48. The Morgan fingerprint density at radius 3 is 2.64 bits per heavy atom. The Morgan fingerprint density at radius 2 is 2.27 bits per heavy atom. The molecule has 1 aliphatic rings. The molecule has 0 amide bonds. The molecule has 0 aliphatic carbocycles. The van der Waals surface area contributed by atoms with Crippen LogP contribution >= 0.6 is 11.6 Å². The summed E-state index contributed by atoms with van der Waals surface area (Å²) in [6.07, 6.45) is 1.31. The molecule has 0 aromatic rings. The van der Waals surface area contributed by atoms with Gasteiger partial charge >= 0.3 is 0 Å². The van der Waals surface area contributed by atoms with Crippen LogP contribution in [-0.4, -0.2) is 22.8 Å². The Balaban J connectivity index is 2.46. The molecule has 1 saturated heterocycles. The maximum Gasteiger partial charge on any atom is 0.141 e. The van der Waals surface area contributed by atoms with Gasteiger partial charge < -0.3 is 10.4 Å². The summed E-state index contributed by atoms with van der Waals surface area (Å²) in [7, 11) is 0. The first-order chi connectivity index (χ1) is 5.01. The van der Waals surface area contributed by atoms with E-state index < -0.39 is 5.06 Å². The van der Waals surface area contributed by atoms with Gasteiger partial charge in [0.05, 0.1) is 0 Å². The smallest absolute Gasteiger partial charge is 0.141 e. The highest BCUT2D eigenvalue weighted by molar-refractivity contribution is 6.22. The van der Waals surface area contributed by atoms with Crippen molar-refractivity contribution in [2.45, 2.75) is 37.8 Å². The highest BCUT2D eigenvalue weighted by atomic mass is 35.5. The molecule has 1 aliphatic heterocycles. The predicted octanol–water partition coefficient (Wildman–Crippen LogP) is 1.32. The Hall–Kier alpha value is 0.210. The molecular weight excluding hydrogens is 162 g/mol. The van der Waals surface area contributed by atoms with Gasteiger partial charge in [0.15, 0.2) is 0 Å². The Bertz CT molecular complexity index is 136. The number of aliphatic hydroxyl groups is 1. The van der Waals surface area contributed by atoms with E-state index in [9.17, 15) is 5.11 Å². The summed E-state index contributed by atoms with van der Waals surface area (Å²) in [5, 5.41) is 11.9. The van der Waals surface area contributed by atoms with Crippen LogP contribution in [0, 0.1) is 5.92 Å². The van der Waals surface area contributed by atoms with Gasteiger partial charge in [-0.25, -0.2) is 0 Å². The molecule has 66 valence electrons. The lowest BCUT2D eigenvalue weighted by Crippen LogP contribution is -2.47. The van der Waals surface area contributed by atoms with Crippen LogP contribution in [0.4, 0.5) is 0 Å². The molecule has 1 heterocycles. The quantitative estimate of drug-likeness (QED) is 0.593. The van der Waals surface area contributed by atoms with Crippen molar-refractivity contribution in [1.29, 1.82) is 0 Å². The first-order valence-corrected chi connectivity index (χ1v) is 4.54. The van der Waals surface area contributed by atoms with Crippen molar-refractivity contribution in [2.24, 2.45) is 5.92 Å². The Labute approximate surface area is 72.9 Å². The highest BCUT2D eigenvalue weighted by Gasteiger charge is 2.32. The molecule has 2 unspecified atom stereocenters. The van der Waals surface area contributed by atoms with Crippen molar-refractivity contribution in [3.05, 3.63) is 0 Å². The van der Waals surface area contributed by atoms with E-state index in [0.29, 0.717) is 24.8 Å². The van der Waals surface area contributed by atoms with Crippen molar-refractivity contribution in [3.63, 3.8) is 0 Å². The fourth-order valence-corrected chi connectivity index (χ4v) is 1.69. The highest BCUT2D eigenvalue weighted by Crippen LogP contribution is 2.28. The molecule has 2 N–H and O–H groups in total. The van der Waals surface area contributed by atoms with Gasteiger partial charge in [-0.2, -0.15) is 0 Å². The minimum Gasteiger partial charge on any atom is -0.375 e. The third-order valence-corrected chi connectivity index (χ3v) is 2.60. The van der Waals surface area contributed by atoms with E-state index in [-0.39, 0.29) is 0 Å². The van der Waals surface area contributed by atoms with E-state index in [1.54, 1.807) is 0 Å². The third-order valence-electron chi connectivity index (χ3n) is 2.25. The molecule has 0 aromatic heterocycles. The zero-order valence-corrected chi connectivity index (χ0v) is 7.86. The number of halogens is 1. The number of hydrogen-bond donors (Lipinski definition) is 2. The Kier molecular flexibility index (Phi) is 2.79. The SMILES string of the molecule is CC(C)C1CC(O)(Cl)CCN1. The van der Waals surface area contributed by atoms with Crippen LogP contribution in [-0.2, 0) is 0 Å². The lowest BCUT2D eigenvalue weighted by molar-refractivity contribution is 0.0653. The Morgan fingerprint density at radius 1 is 1.64 bits per heavy atom. The molecule has 3 heteroatoms. The van der Waals surface area contributed by atoms with Gasteiger partial charge in [-0.1, -0.05) is 25.4 Å². The second kappa shape index (κ2) is 3.30. The molecule has 11 heavy (non-hydrogen) atoms. The minimum absolute atomic E-state index is 0.367. The zero-order valence-electron chi connectivity index (χ0n) is 7.10. The number of piperidine rings is 1. The van der Waals surface area contributed by atoms with E-state index in [1.165, 1.54) is 0 Å². The summed E-state index contributed by atoms with van der Waals surface area (Å²) in [5.74, 6) is 0.542. The van der Waals surface area contributed by atoms with Crippen LogP contribution in [0.15, 0.2) is 0 Å². The van der Waals surface area contributed by atoms with Crippen molar-refractivity contribution >= 4 is 11.6 Å². The van der Waals surface area contributed by atoms with Crippen LogP contribution in [0.3, 0.4) is 0 Å². The van der Waals surface area contributed by atoms with Crippen molar-refractivity contribution in [1.82, 2.24) is 5.32 Å². The molecular formula is C8H16ClNO. The lowest BCUT2D eigenvalue weighted by atomic mass is 9.93. The van der Waals surface area contributed by atoms with Crippen LogP contribution in [0.5, 0.6) is 0 Å². The topological polar surface area (TPSA) is 32.3 Å². The first kappa shape index (κ1) is 9.30. The lowest BCUT2D eigenvalue weighted by Gasteiger charge is -2.35. The first-order valence-electron chi connectivity index (χ1n) is 4.16. The van der Waals surface area contributed by atoms with Gasteiger partial charge in [-0.15, -0.1) is 0 Å². The molecule has 0 radical (unpaired) electrons. The second-order valence-electron chi connectivity index (χ2n) is 3.68. The molecule has 1 fully saturated rings. The number of hydrogen-bond acceptors (Lipinski definition) is 2. The average Bonchev–Trinajstić information content (AvgIpc) is 1.85. The normalized spacial score (nSPS) is 39.5. The van der Waals surface area contributed by atoms with Gasteiger partial charge in [0.25, 0.3) is 0 Å². The minimum atomic E-state index is -0.958. The van der Waals surface area contributed by atoms with Gasteiger partial charge in [0, 0.05) is 18.9 Å². The summed E-state index contributed by atoms with van der Waals surface area (Å²) in [6.45, 7) is 5.09. The fourth-order valence-electron chi connectivity index (χ4n) is 1.43. The molecule has 2 nitrogen and oxygen atoms in total. The van der Waals surface area contributed by atoms with Gasteiger partial charge in [-0.05, 0) is 12.5 Å². The van der Waals surface area contributed by atoms with Gasteiger partial charge in [0.1, 0.15) is 5.06 Å². The van der Waals surface area contributed by atoms with E-state index >= 15 is 0 Å². The number of nitrogens with one attached hydrogen (secondary N) is 1. The molecule has 0 aromatic carbocycles. The molecule has 0 saturated carbocycles. The molecule has 1 rings (SSSR count). The second-order valence-corrected chi connectivity index (χ2v) is 4.38. The average molecular weight is 178 g/mol. The van der Waals surface area contributed by atoms with Gasteiger partial charge in [-0.3, -0.25) is 0 Å². The van der Waals surface area contributed by atoms with Gasteiger partial charge in [0.2, 0.25) is 0 Å². The van der Waals surface area contributed by atoms with Crippen molar-refractivity contribution in [2.75, 3.05) is 6.54 Å². The standard InChI is InChI=1S/C8H16ClNO/c1-6(2)7-5-8(9,11)3-4-10-7/h6-7,10-11H,3-5H2,1-2H3. The molecule has 0 bridgehead atoms. The van der Waals surface area contributed by atoms with E-state index in [1.807, 2.05) is 0 Å². The number of alkyl halides is 1. The number of rotatable bonds is 1.